The Morgan fingerprint density at radius 2 is 2.17 bits per heavy atom. The zero-order valence-electron chi connectivity index (χ0n) is 7.49. The summed E-state index contributed by atoms with van der Waals surface area (Å²) in [4.78, 5) is 9.82. The predicted octanol–water partition coefficient (Wildman–Crippen LogP) is 1.15. The van der Waals surface area contributed by atoms with Gasteiger partial charge in [-0.2, -0.15) is 0 Å². The van der Waals surface area contributed by atoms with Crippen molar-refractivity contribution in [2.75, 3.05) is 6.61 Å². The number of hydrogen-bond donors (Lipinski definition) is 0. The van der Waals surface area contributed by atoms with Gasteiger partial charge in [-0.05, 0) is 6.92 Å². The molecule has 0 fully saturated rings. The molecule has 0 aliphatic carbocycles. The molecule has 0 aromatic heterocycles. The molecule has 1 heterocycles. The van der Waals surface area contributed by atoms with E-state index in [1.807, 2.05) is 0 Å². The fourth-order valence-corrected chi connectivity index (χ4v) is 3.08. The molecule has 0 amide bonds. The van der Waals surface area contributed by atoms with Crippen LogP contribution < -0.4 is 0 Å². The van der Waals surface area contributed by atoms with Gasteiger partial charge in [0.2, 0.25) is 0 Å². The molecule has 0 aromatic rings. The van der Waals surface area contributed by atoms with Gasteiger partial charge in [0.1, 0.15) is 0 Å². The van der Waals surface area contributed by atoms with Crippen molar-refractivity contribution in [2.45, 2.75) is 13.8 Å². The monoisotopic (exact) mass is 358 g/mol. The molecule has 1 aliphatic heterocycles. The van der Waals surface area contributed by atoms with E-state index in [-0.39, 0.29) is 29.7 Å². The number of ether oxygens (including phenoxy) is 1. The molecular weight excluding hydrogens is 344 g/mol. The van der Waals surface area contributed by atoms with Gasteiger partial charge in [0.15, 0.2) is 0 Å². The Morgan fingerprint density at radius 1 is 1.42 bits per heavy atom. The van der Waals surface area contributed by atoms with Crippen LogP contribution in [-0.4, -0.2) is 39.9 Å². The van der Waals surface area contributed by atoms with Crippen molar-refractivity contribution in [3.63, 3.8) is 0 Å². The number of carbonyl (C=O) groups is 1. The normalized spacial score (nSPS) is 11.2. The summed E-state index contributed by atoms with van der Waals surface area (Å²) in [6.45, 7) is 3.65. The minimum absolute atomic E-state index is 0.211. The van der Waals surface area contributed by atoms with E-state index < -0.39 is 0 Å². The van der Waals surface area contributed by atoms with Gasteiger partial charge < -0.3 is 4.74 Å². The van der Waals surface area contributed by atoms with Crippen LogP contribution >= 0.6 is 0 Å². The molecule has 0 bridgehead atoms. The number of allylic oxidation sites excluding steroid dienone is 3. The molecule has 0 saturated heterocycles. The van der Waals surface area contributed by atoms with Gasteiger partial charge in [-0.15, -0.1) is 0 Å². The first-order valence-corrected chi connectivity index (χ1v) is 9.09. The van der Waals surface area contributed by atoms with Crippen LogP contribution in [0, 0.1) is 0 Å². The van der Waals surface area contributed by atoms with Crippen LogP contribution in [-0.2, 0) is 9.53 Å². The summed E-state index contributed by atoms with van der Waals surface area (Å²) < 4.78 is 9.07. The molecule has 1 aliphatic rings. The van der Waals surface area contributed by atoms with Gasteiger partial charge in [-0.25, -0.2) is 0 Å². The summed E-state index contributed by atoms with van der Waals surface area (Å²) in [6.07, 6.45) is 6.38. The molecule has 0 atom stereocenters. The topological polar surface area (TPSA) is 26.3 Å². The number of hydrogen-bond acceptors (Lipinski definition) is 2. The molecule has 0 spiro atoms. The maximum absolute atomic E-state index is 9.82. The molecule has 2 nitrogen and oxygen atoms in total. The second-order valence-electron chi connectivity index (χ2n) is 2.08. The largest absolute Gasteiger partial charge is 0.466 e. The zero-order valence-corrected chi connectivity index (χ0v) is 12.0. The molecule has 0 unspecified atom stereocenters. The Labute approximate surface area is 85.0 Å². The summed E-state index contributed by atoms with van der Waals surface area (Å²) in [6, 6.07) is 0. The molecule has 3 heteroatoms. The molecule has 64 valence electrons. The van der Waals surface area contributed by atoms with Crippen molar-refractivity contribution in [3.05, 3.63) is 21.9 Å². The summed E-state index contributed by atoms with van der Waals surface area (Å²) in [5.41, 5.74) is 0. The maximum Gasteiger partial charge on any atom is 0.302 e. The first-order chi connectivity index (χ1) is 5.77. The summed E-state index contributed by atoms with van der Waals surface area (Å²) in [5.74, 6) is -0.211. The van der Waals surface area contributed by atoms with Crippen LogP contribution in [0.5, 0.6) is 0 Å². The van der Waals surface area contributed by atoms with Crippen LogP contribution in [0.1, 0.15) is 13.8 Å². The van der Waals surface area contributed by atoms with E-state index in [1.54, 1.807) is 6.92 Å². The molecule has 0 radical (unpaired) electrons. The third-order valence-corrected chi connectivity index (χ3v) is 4.47. The molecule has 0 saturated carbocycles. The van der Waals surface area contributed by atoms with Gasteiger partial charge in [0.05, 0.1) is 6.61 Å². The second kappa shape index (κ2) is 8.84. The molecule has 12 heavy (non-hydrogen) atoms. The first kappa shape index (κ1) is 11.7. The van der Waals surface area contributed by atoms with E-state index in [2.05, 4.69) is 30.2 Å². The van der Waals surface area contributed by atoms with Crippen molar-refractivity contribution in [1.29, 1.82) is 0 Å². The quantitative estimate of drug-likeness (QED) is 0.520. The fraction of sp³-hybridized carbons (Fsp3) is 0.333. The van der Waals surface area contributed by atoms with Gasteiger partial charge in [0, 0.05) is 6.92 Å². The van der Waals surface area contributed by atoms with Crippen molar-refractivity contribution in [3.8, 4) is 0 Å². The molecule has 0 N–H and O–H groups in total. The number of carbonyl (C=O) groups excluding carboxylic acids is 1. The average molecular weight is 358 g/mol. The minimum Gasteiger partial charge on any atom is -0.466 e. The van der Waals surface area contributed by atoms with E-state index in [0.29, 0.717) is 6.61 Å². The Balaban J connectivity index is 0.000000202. The van der Waals surface area contributed by atoms with Crippen LogP contribution in [0.3, 0.4) is 0 Å². The van der Waals surface area contributed by atoms with Crippen molar-refractivity contribution in [1.82, 2.24) is 0 Å². The SMILES string of the molecule is C1=C[CH]=[Tl][CH]=C1.CCOC(C)=O. The standard InChI is InChI=1S/C5H5.C4H8O2.Tl/c1-3-5-4-2;1-3-6-4(2)5;/h1-5H;3H2,1-2H3;. The van der Waals surface area contributed by atoms with Crippen LogP contribution in [0.2, 0.25) is 0 Å². The van der Waals surface area contributed by atoms with Crippen LogP contribution in [0.15, 0.2) is 21.9 Å². The van der Waals surface area contributed by atoms with Crippen molar-refractivity contribution in [2.24, 2.45) is 0 Å². The van der Waals surface area contributed by atoms with Gasteiger partial charge >= 0.3 is 55.1 Å². The van der Waals surface area contributed by atoms with Crippen molar-refractivity contribution < 1.29 is 9.53 Å². The fourth-order valence-electron chi connectivity index (χ4n) is 0.588. The van der Waals surface area contributed by atoms with Gasteiger partial charge in [-0.1, -0.05) is 0 Å². The predicted molar refractivity (Wildman–Crippen MR) is 52.4 cm³/mol. The first-order valence-electron chi connectivity index (χ1n) is 3.90. The Bertz CT molecular complexity index is 169. The summed E-state index contributed by atoms with van der Waals surface area (Å²) in [7, 11) is 0. The molecule has 0 aromatic carbocycles. The number of esters is 1. The van der Waals surface area contributed by atoms with Crippen molar-refractivity contribution >= 4 is 33.3 Å². The summed E-state index contributed by atoms with van der Waals surface area (Å²) in [5, 5.41) is 0. The van der Waals surface area contributed by atoms with Crippen LogP contribution in [0.4, 0.5) is 0 Å². The van der Waals surface area contributed by atoms with Gasteiger partial charge in [0.25, 0.3) is 0 Å². The van der Waals surface area contributed by atoms with E-state index in [1.165, 1.54) is 6.92 Å². The second-order valence-corrected chi connectivity index (χ2v) is 6.57. The van der Waals surface area contributed by atoms with Gasteiger partial charge in [-0.3, -0.25) is 4.79 Å². The smallest absolute Gasteiger partial charge is 0.302 e. The zero-order chi connectivity index (χ0) is 9.23. The van der Waals surface area contributed by atoms with E-state index >= 15 is 0 Å². The Morgan fingerprint density at radius 3 is 2.25 bits per heavy atom. The third kappa shape index (κ3) is 9.74. The minimum atomic E-state index is -0.380. The molecular formula is C9H13O2Tl. The average Bonchev–Trinajstić information content (AvgIpc) is 2.08. The Hall–Kier alpha value is -0.258. The maximum atomic E-state index is 9.82. The summed E-state index contributed by atoms with van der Waals surface area (Å²) >= 11 is -0.380. The van der Waals surface area contributed by atoms with E-state index in [9.17, 15) is 4.79 Å². The third-order valence-electron chi connectivity index (χ3n) is 1.01. The number of rotatable bonds is 1. The molecule has 1 rings (SSSR count). The Kier molecular flexibility index (Phi) is 8.65. The van der Waals surface area contributed by atoms with E-state index in [4.69, 9.17) is 0 Å². The van der Waals surface area contributed by atoms with E-state index in [0.717, 1.165) is 0 Å². The van der Waals surface area contributed by atoms with Crippen LogP contribution in [0.25, 0.3) is 0 Å².